The number of alkyl halides is 4. The summed E-state index contributed by atoms with van der Waals surface area (Å²) in [6.07, 6.45) is -1.87. The number of rotatable bonds is 6. The number of anilines is 1. The van der Waals surface area contributed by atoms with Crippen molar-refractivity contribution in [3.63, 3.8) is 0 Å². The Kier molecular flexibility index (Phi) is 5.95. The summed E-state index contributed by atoms with van der Waals surface area (Å²) in [6.45, 7) is 4.65. The highest BCUT2D eigenvalue weighted by molar-refractivity contribution is 6.32. The van der Waals surface area contributed by atoms with Crippen LogP contribution in [0.5, 0.6) is 0 Å². The second-order valence-corrected chi connectivity index (χ2v) is 6.15. The lowest BCUT2D eigenvalue weighted by atomic mass is 9.88. The lowest BCUT2D eigenvalue weighted by Crippen LogP contribution is -2.23. The van der Waals surface area contributed by atoms with Crippen molar-refractivity contribution in [3.8, 4) is 0 Å². The van der Waals surface area contributed by atoms with Crippen molar-refractivity contribution < 1.29 is 13.2 Å². The van der Waals surface area contributed by atoms with E-state index in [-0.39, 0.29) is 16.3 Å². The van der Waals surface area contributed by atoms with Gasteiger partial charge in [-0.1, -0.05) is 25.4 Å². The molecule has 2 nitrogen and oxygen atoms in total. The quantitative estimate of drug-likeness (QED) is 0.725. The molecule has 1 aromatic heterocycles. The van der Waals surface area contributed by atoms with Gasteiger partial charge in [0.1, 0.15) is 5.82 Å². The van der Waals surface area contributed by atoms with Gasteiger partial charge < -0.3 is 5.32 Å². The van der Waals surface area contributed by atoms with Crippen molar-refractivity contribution in [1.29, 1.82) is 0 Å². The van der Waals surface area contributed by atoms with E-state index in [0.717, 1.165) is 25.1 Å². The molecule has 0 saturated carbocycles. The number of nitrogens with zero attached hydrogens (tertiary/aromatic N) is 1. The van der Waals surface area contributed by atoms with Crippen LogP contribution in [0.15, 0.2) is 12.3 Å². The van der Waals surface area contributed by atoms with Crippen LogP contribution in [0.3, 0.4) is 0 Å². The molecule has 1 N–H and O–H groups in total. The largest absolute Gasteiger partial charge is 0.417 e. The lowest BCUT2D eigenvalue weighted by Gasteiger charge is -2.25. The summed E-state index contributed by atoms with van der Waals surface area (Å²) in [5.41, 5.74) is -0.891. The minimum Gasteiger partial charge on any atom is -0.368 e. The van der Waals surface area contributed by atoms with Crippen LogP contribution in [0.4, 0.5) is 19.0 Å². The zero-order valence-electron chi connectivity index (χ0n) is 11.3. The first-order chi connectivity index (χ1) is 9.15. The highest BCUT2D eigenvalue weighted by Gasteiger charge is 2.31. The average Bonchev–Trinajstić information content (AvgIpc) is 2.34. The van der Waals surface area contributed by atoms with Crippen molar-refractivity contribution in [2.75, 3.05) is 17.7 Å². The van der Waals surface area contributed by atoms with Gasteiger partial charge in [-0.25, -0.2) is 4.98 Å². The summed E-state index contributed by atoms with van der Waals surface area (Å²) in [5, 5.41) is 2.95. The molecule has 1 heterocycles. The van der Waals surface area contributed by atoms with E-state index in [9.17, 15) is 13.2 Å². The number of hydrogen-bond acceptors (Lipinski definition) is 2. The van der Waals surface area contributed by atoms with Crippen LogP contribution in [-0.4, -0.2) is 17.4 Å². The average molecular weight is 329 g/mol. The SMILES string of the molecule is CC(C)(CCCCl)CNc1ncc(C(F)(F)F)cc1Cl. The summed E-state index contributed by atoms with van der Waals surface area (Å²) in [6, 6.07) is 0.878. The van der Waals surface area contributed by atoms with Crippen molar-refractivity contribution in [2.24, 2.45) is 5.41 Å². The van der Waals surface area contributed by atoms with Crippen molar-refractivity contribution in [2.45, 2.75) is 32.9 Å². The lowest BCUT2D eigenvalue weighted by molar-refractivity contribution is -0.137. The highest BCUT2D eigenvalue weighted by Crippen LogP contribution is 2.33. The molecule has 0 aliphatic heterocycles. The topological polar surface area (TPSA) is 24.9 Å². The third-order valence-corrected chi connectivity index (χ3v) is 3.45. The Bertz CT molecular complexity index is 448. The molecule has 0 radical (unpaired) electrons. The van der Waals surface area contributed by atoms with Crippen LogP contribution in [-0.2, 0) is 6.18 Å². The second kappa shape index (κ2) is 6.85. The normalized spacial score (nSPS) is 12.6. The van der Waals surface area contributed by atoms with Crippen LogP contribution in [0.1, 0.15) is 32.3 Å². The molecule has 0 saturated heterocycles. The van der Waals surface area contributed by atoms with Crippen molar-refractivity contribution in [3.05, 3.63) is 22.8 Å². The molecule has 0 bridgehead atoms. The van der Waals surface area contributed by atoms with Crippen LogP contribution in [0.2, 0.25) is 5.02 Å². The van der Waals surface area contributed by atoms with Gasteiger partial charge in [0.2, 0.25) is 0 Å². The van der Waals surface area contributed by atoms with Gasteiger partial charge in [0.25, 0.3) is 0 Å². The maximum Gasteiger partial charge on any atom is 0.417 e. The fourth-order valence-corrected chi connectivity index (χ4v) is 2.05. The number of pyridine rings is 1. The summed E-state index contributed by atoms with van der Waals surface area (Å²) >= 11 is 11.5. The predicted molar refractivity (Wildman–Crippen MR) is 76.5 cm³/mol. The molecule has 114 valence electrons. The minimum atomic E-state index is -4.44. The molecule has 1 rings (SSSR count). The third kappa shape index (κ3) is 5.37. The van der Waals surface area contributed by atoms with Gasteiger partial charge in [-0.05, 0) is 24.3 Å². The Hall–Kier alpha value is -0.680. The van der Waals surface area contributed by atoms with Crippen LogP contribution >= 0.6 is 23.2 Å². The van der Waals surface area contributed by atoms with Crippen LogP contribution in [0.25, 0.3) is 0 Å². The van der Waals surface area contributed by atoms with Gasteiger partial charge in [-0.3, -0.25) is 0 Å². The fourth-order valence-electron chi connectivity index (χ4n) is 1.68. The Labute approximate surface area is 126 Å². The number of nitrogens with one attached hydrogen (secondary N) is 1. The van der Waals surface area contributed by atoms with Gasteiger partial charge in [0.05, 0.1) is 10.6 Å². The predicted octanol–water partition coefficient (Wildman–Crippen LogP) is 5.21. The molecular weight excluding hydrogens is 312 g/mol. The van der Waals surface area contributed by atoms with E-state index in [1.165, 1.54) is 0 Å². The molecule has 20 heavy (non-hydrogen) atoms. The Morgan fingerprint density at radius 1 is 1.30 bits per heavy atom. The molecule has 7 heteroatoms. The zero-order valence-corrected chi connectivity index (χ0v) is 12.8. The summed E-state index contributed by atoms with van der Waals surface area (Å²) < 4.78 is 37.4. The van der Waals surface area contributed by atoms with Crippen molar-refractivity contribution >= 4 is 29.0 Å². The summed E-state index contributed by atoms with van der Waals surface area (Å²) in [5.74, 6) is 0.849. The van der Waals surface area contributed by atoms with E-state index in [1.807, 2.05) is 13.8 Å². The Balaban J connectivity index is 2.70. The zero-order chi connectivity index (χ0) is 15.4. The first kappa shape index (κ1) is 17.4. The molecule has 0 fully saturated rings. The molecule has 0 aliphatic rings. The first-order valence-electron chi connectivity index (χ1n) is 6.18. The Morgan fingerprint density at radius 2 is 1.95 bits per heavy atom. The van der Waals surface area contributed by atoms with E-state index >= 15 is 0 Å². The standard InChI is InChI=1S/C13H17Cl2F3N2/c1-12(2,4-3-5-14)8-20-11-10(15)6-9(7-19-11)13(16,17)18/h6-7H,3-5,8H2,1-2H3,(H,19,20). The highest BCUT2D eigenvalue weighted by atomic mass is 35.5. The van der Waals surface area contributed by atoms with Gasteiger partial charge in [0, 0.05) is 18.6 Å². The fraction of sp³-hybridized carbons (Fsp3) is 0.615. The molecule has 0 amide bonds. The van der Waals surface area contributed by atoms with Gasteiger partial charge >= 0.3 is 6.18 Å². The molecule has 0 aliphatic carbocycles. The second-order valence-electron chi connectivity index (χ2n) is 5.36. The minimum absolute atomic E-state index is 0.0343. The summed E-state index contributed by atoms with van der Waals surface area (Å²) in [4.78, 5) is 3.74. The molecule has 0 aromatic carbocycles. The van der Waals surface area contributed by atoms with Gasteiger partial charge in [-0.15, -0.1) is 11.6 Å². The van der Waals surface area contributed by atoms with Crippen LogP contribution in [0, 0.1) is 5.41 Å². The van der Waals surface area contributed by atoms with Gasteiger partial charge in [-0.2, -0.15) is 13.2 Å². The maximum atomic E-state index is 12.5. The first-order valence-corrected chi connectivity index (χ1v) is 7.09. The smallest absolute Gasteiger partial charge is 0.368 e. The maximum absolute atomic E-state index is 12.5. The van der Waals surface area contributed by atoms with Gasteiger partial charge in [0.15, 0.2) is 0 Å². The van der Waals surface area contributed by atoms with E-state index < -0.39 is 11.7 Å². The summed E-state index contributed by atoms with van der Waals surface area (Å²) in [7, 11) is 0. The monoisotopic (exact) mass is 328 g/mol. The van der Waals surface area contributed by atoms with Crippen molar-refractivity contribution in [1.82, 2.24) is 4.98 Å². The van der Waals surface area contributed by atoms with E-state index in [2.05, 4.69) is 10.3 Å². The number of aromatic nitrogens is 1. The van der Waals surface area contributed by atoms with E-state index in [0.29, 0.717) is 12.4 Å². The Morgan fingerprint density at radius 3 is 2.45 bits per heavy atom. The number of halogens is 5. The van der Waals surface area contributed by atoms with E-state index in [4.69, 9.17) is 23.2 Å². The van der Waals surface area contributed by atoms with E-state index in [1.54, 1.807) is 0 Å². The third-order valence-electron chi connectivity index (χ3n) is 2.89. The molecular formula is C13H17Cl2F3N2. The number of hydrogen-bond donors (Lipinski definition) is 1. The van der Waals surface area contributed by atoms with Crippen LogP contribution < -0.4 is 5.32 Å². The molecule has 1 aromatic rings. The molecule has 0 atom stereocenters. The molecule has 0 spiro atoms. The molecule has 0 unspecified atom stereocenters.